The predicted octanol–water partition coefficient (Wildman–Crippen LogP) is 16.6. The lowest BCUT2D eigenvalue weighted by atomic mass is 9.98. The van der Waals surface area contributed by atoms with Gasteiger partial charge in [0.2, 0.25) is 5.91 Å². The molecule has 1 saturated heterocycles. The standard InChI is InChI=1S/C70H133NO10/c1-3-5-7-9-11-13-15-17-19-21-23-25-27-29-31-32-34-36-38-40-42-44-46-48-50-52-54-56-58-63(74)69(79)71-61(60-80-70-68(78)67(77)66(76)64(59-72)81-70)65(75)62(73)57-55-53-51-49-47-45-43-41-39-37-35-33-30-28-26-24-22-20-18-16-14-12-10-8-6-4-2/h23,25,29,31,49,51,61-68,70,72-78H,3-22,24,26-28,30,32-48,50,52-60H2,1-2H3,(H,71,79)/b25-23-,31-29-,51-49+. The van der Waals surface area contributed by atoms with Gasteiger partial charge in [-0.2, -0.15) is 0 Å². The van der Waals surface area contributed by atoms with Gasteiger partial charge in [0.05, 0.1) is 25.4 Å². The second kappa shape index (κ2) is 58.7. The summed E-state index contributed by atoms with van der Waals surface area (Å²) in [5.74, 6) is -0.703. The van der Waals surface area contributed by atoms with Crippen molar-refractivity contribution in [1.29, 1.82) is 0 Å². The molecule has 8 N–H and O–H groups in total. The van der Waals surface area contributed by atoms with E-state index >= 15 is 0 Å². The first-order valence-corrected chi connectivity index (χ1v) is 34.9. The fourth-order valence-electron chi connectivity index (χ4n) is 11.3. The molecule has 0 saturated carbocycles. The topological polar surface area (TPSA) is 189 Å². The summed E-state index contributed by atoms with van der Waals surface area (Å²) in [5, 5.41) is 76.5. The fraction of sp³-hybridized carbons (Fsp3) is 0.900. The molecule has 1 aliphatic rings. The monoisotopic (exact) mass is 1150 g/mol. The Morgan fingerprint density at radius 2 is 0.765 bits per heavy atom. The van der Waals surface area contributed by atoms with Crippen LogP contribution in [-0.2, 0) is 14.3 Å². The molecule has 1 heterocycles. The van der Waals surface area contributed by atoms with Crippen LogP contribution in [0.2, 0.25) is 0 Å². The quantitative estimate of drug-likeness (QED) is 0.0215. The number of allylic oxidation sites excluding steroid dienone is 6. The molecule has 0 aromatic carbocycles. The Bertz CT molecular complexity index is 1410. The molecule has 1 fully saturated rings. The van der Waals surface area contributed by atoms with Crippen molar-refractivity contribution >= 4 is 5.91 Å². The van der Waals surface area contributed by atoms with Crippen LogP contribution in [0.4, 0.5) is 0 Å². The third-order valence-corrected chi connectivity index (χ3v) is 16.9. The molecule has 1 aliphatic heterocycles. The van der Waals surface area contributed by atoms with Crippen LogP contribution in [0.15, 0.2) is 36.5 Å². The molecule has 0 aliphatic carbocycles. The number of amides is 1. The summed E-state index contributed by atoms with van der Waals surface area (Å²) in [6.45, 7) is 3.49. The van der Waals surface area contributed by atoms with Gasteiger partial charge in [-0.05, 0) is 70.6 Å². The number of hydrogen-bond donors (Lipinski definition) is 8. The lowest BCUT2D eigenvalue weighted by Gasteiger charge is -2.40. The van der Waals surface area contributed by atoms with Gasteiger partial charge < -0.3 is 50.5 Å². The number of hydrogen-bond acceptors (Lipinski definition) is 10. The van der Waals surface area contributed by atoms with Crippen molar-refractivity contribution in [2.24, 2.45) is 0 Å². The molecule has 1 amide bonds. The third kappa shape index (κ3) is 46.3. The van der Waals surface area contributed by atoms with E-state index in [2.05, 4.69) is 55.6 Å². The summed E-state index contributed by atoms with van der Waals surface area (Å²) in [7, 11) is 0. The Hall–Kier alpha value is -1.67. The van der Waals surface area contributed by atoms with E-state index < -0.39 is 74.2 Å². The highest BCUT2D eigenvalue weighted by Crippen LogP contribution is 2.24. The molecule has 11 heteroatoms. The van der Waals surface area contributed by atoms with Crippen molar-refractivity contribution < 1.29 is 50.0 Å². The highest BCUT2D eigenvalue weighted by atomic mass is 16.7. The van der Waals surface area contributed by atoms with Gasteiger partial charge >= 0.3 is 0 Å². The Labute approximate surface area is 498 Å². The van der Waals surface area contributed by atoms with E-state index in [-0.39, 0.29) is 12.8 Å². The fourth-order valence-corrected chi connectivity index (χ4v) is 11.3. The molecule has 81 heavy (non-hydrogen) atoms. The highest BCUT2D eigenvalue weighted by Gasteiger charge is 2.44. The van der Waals surface area contributed by atoms with Crippen molar-refractivity contribution in [2.75, 3.05) is 13.2 Å². The second-order valence-electron chi connectivity index (χ2n) is 24.6. The van der Waals surface area contributed by atoms with E-state index in [1.807, 2.05) is 0 Å². The van der Waals surface area contributed by atoms with Gasteiger partial charge in [0.1, 0.15) is 36.6 Å². The first-order valence-electron chi connectivity index (χ1n) is 34.9. The lowest BCUT2D eigenvalue weighted by molar-refractivity contribution is -0.303. The predicted molar refractivity (Wildman–Crippen MR) is 339 cm³/mol. The molecule has 0 aromatic heterocycles. The van der Waals surface area contributed by atoms with Gasteiger partial charge in [0.15, 0.2) is 6.29 Å². The van der Waals surface area contributed by atoms with Gasteiger partial charge in [-0.3, -0.25) is 4.79 Å². The first kappa shape index (κ1) is 77.3. The van der Waals surface area contributed by atoms with Gasteiger partial charge in [-0.15, -0.1) is 0 Å². The minimum atomic E-state index is -1.67. The van der Waals surface area contributed by atoms with Gasteiger partial charge in [0.25, 0.3) is 0 Å². The molecule has 0 bridgehead atoms. The van der Waals surface area contributed by atoms with E-state index in [4.69, 9.17) is 9.47 Å². The molecular formula is C70H133NO10. The summed E-state index contributed by atoms with van der Waals surface area (Å²) >= 11 is 0. The minimum Gasteiger partial charge on any atom is -0.394 e. The van der Waals surface area contributed by atoms with Crippen LogP contribution in [0.25, 0.3) is 0 Å². The number of carbonyl (C=O) groups excluding carboxylic acids is 1. The van der Waals surface area contributed by atoms with Gasteiger partial charge in [0, 0.05) is 0 Å². The second-order valence-corrected chi connectivity index (χ2v) is 24.6. The highest BCUT2D eigenvalue weighted by molar-refractivity contribution is 5.80. The zero-order valence-corrected chi connectivity index (χ0v) is 52.8. The minimum absolute atomic E-state index is 0.253. The molecule has 9 unspecified atom stereocenters. The van der Waals surface area contributed by atoms with Gasteiger partial charge in [-0.25, -0.2) is 0 Å². The number of unbranched alkanes of at least 4 members (excludes halogenated alkanes) is 43. The maximum absolute atomic E-state index is 13.2. The van der Waals surface area contributed by atoms with Crippen LogP contribution in [0.3, 0.4) is 0 Å². The number of aliphatic hydroxyl groups is 7. The van der Waals surface area contributed by atoms with Crippen LogP contribution in [-0.4, -0.2) is 110 Å². The first-order chi connectivity index (χ1) is 39.7. The molecule has 0 radical (unpaired) electrons. The molecule has 0 spiro atoms. The zero-order chi connectivity index (χ0) is 58.9. The van der Waals surface area contributed by atoms with Crippen LogP contribution >= 0.6 is 0 Å². The largest absolute Gasteiger partial charge is 0.394 e. The summed E-state index contributed by atoms with van der Waals surface area (Å²) in [5.41, 5.74) is 0. The molecule has 1 rings (SSSR count). The van der Waals surface area contributed by atoms with Crippen molar-refractivity contribution in [3.63, 3.8) is 0 Å². The van der Waals surface area contributed by atoms with Crippen LogP contribution in [0.5, 0.6) is 0 Å². The van der Waals surface area contributed by atoms with E-state index in [1.54, 1.807) is 0 Å². The Morgan fingerprint density at radius 1 is 0.432 bits per heavy atom. The van der Waals surface area contributed by atoms with E-state index in [0.29, 0.717) is 12.8 Å². The number of carbonyl (C=O) groups is 1. The number of ether oxygens (including phenoxy) is 2. The van der Waals surface area contributed by atoms with Crippen molar-refractivity contribution in [2.45, 2.75) is 390 Å². The van der Waals surface area contributed by atoms with Gasteiger partial charge in [-0.1, -0.05) is 301 Å². The summed E-state index contributed by atoms with van der Waals surface area (Å²) in [6.07, 6.45) is 63.7. The van der Waals surface area contributed by atoms with Crippen LogP contribution in [0.1, 0.15) is 335 Å². The van der Waals surface area contributed by atoms with Crippen molar-refractivity contribution in [1.82, 2.24) is 5.32 Å². The zero-order valence-electron chi connectivity index (χ0n) is 52.8. The Balaban J connectivity index is 2.23. The van der Waals surface area contributed by atoms with E-state index in [9.17, 15) is 40.5 Å². The number of rotatable bonds is 61. The normalized spacial score (nSPS) is 19.3. The number of nitrogens with one attached hydrogen (secondary N) is 1. The summed E-state index contributed by atoms with van der Waals surface area (Å²) < 4.78 is 11.2. The molecule has 478 valence electrons. The average Bonchev–Trinajstić information content (AvgIpc) is 3.51. The maximum atomic E-state index is 13.2. The Kier molecular flexibility index (Phi) is 56.0. The SMILES string of the molecule is CCCCCCCCCCC/C=C\C/C=C\CCCCCCCCCCCCCCC(O)C(=O)NC(COC1OC(CO)C(O)C(O)C1O)C(O)C(O)CCC/C=C/CCCCCCCCCCCCCCCCCCCCCCC. The lowest BCUT2D eigenvalue weighted by Crippen LogP contribution is -2.60. The molecular weight excluding hydrogens is 1010 g/mol. The summed E-state index contributed by atoms with van der Waals surface area (Å²) in [6, 6.07) is -1.19. The molecule has 11 nitrogen and oxygen atoms in total. The molecule has 0 aromatic rings. The summed E-state index contributed by atoms with van der Waals surface area (Å²) in [4.78, 5) is 13.2. The molecule has 9 atom stereocenters. The van der Waals surface area contributed by atoms with E-state index in [1.165, 1.54) is 250 Å². The average molecular weight is 1150 g/mol. The number of aliphatic hydroxyl groups excluding tert-OH is 7. The third-order valence-electron chi connectivity index (χ3n) is 16.9. The maximum Gasteiger partial charge on any atom is 0.249 e. The van der Waals surface area contributed by atoms with Crippen molar-refractivity contribution in [3.05, 3.63) is 36.5 Å². The van der Waals surface area contributed by atoms with Crippen molar-refractivity contribution in [3.8, 4) is 0 Å². The van der Waals surface area contributed by atoms with Crippen LogP contribution in [0, 0.1) is 0 Å². The smallest absolute Gasteiger partial charge is 0.249 e. The Morgan fingerprint density at radius 3 is 1.14 bits per heavy atom. The van der Waals surface area contributed by atoms with Crippen LogP contribution < -0.4 is 5.32 Å². The van der Waals surface area contributed by atoms with E-state index in [0.717, 1.165) is 44.9 Å².